The van der Waals surface area contributed by atoms with E-state index in [0.717, 1.165) is 17.1 Å². The molecule has 0 saturated heterocycles. The Kier molecular flexibility index (Phi) is 4.02. The largest absolute Gasteiger partial charge is 0.492 e. The molecule has 3 N–H and O–H groups in total. The topological polar surface area (TPSA) is 60.2 Å². The summed E-state index contributed by atoms with van der Waals surface area (Å²) in [7, 11) is 0. The van der Waals surface area contributed by atoms with Crippen LogP contribution in [0.5, 0.6) is 5.75 Å². The van der Waals surface area contributed by atoms with Crippen molar-refractivity contribution in [3.63, 3.8) is 0 Å². The summed E-state index contributed by atoms with van der Waals surface area (Å²) in [6, 6.07) is 11.4. The Labute approximate surface area is 107 Å². The Bertz CT molecular complexity index is 497. The number of aromatic nitrogens is 1. The summed E-state index contributed by atoms with van der Waals surface area (Å²) in [5.74, 6) is 1.64. The lowest BCUT2D eigenvalue weighted by molar-refractivity contribution is 0.333. The first-order chi connectivity index (χ1) is 8.74. The van der Waals surface area contributed by atoms with Gasteiger partial charge in [-0.2, -0.15) is 0 Å². The van der Waals surface area contributed by atoms with Gasteiger partial charge in [0.1, 0.15) is 18.2 Å². The number of rotatable bonds is 5. The second-order valence-electron chi connectivity index (χ2n) is 4.07. The molecule has 2 aromatic rings. The van der Waals surface area contributed by atoms with Gasteiger partial charge in [0.25, 0.3) is 0 Å². The normalized spacial score (nSPS) is 10.1. The second-order valence-corrected chi connectivity index (χ2v) is 4.07. The highest BCUT2D eigenvalue weighted by atomic mass is 16.5. The Morgan fingerprint density at radius 1 is 1.28 bits per heavy atom. The average molecular weight is 243 g/mol. The van der Waals surface area contributed by atoms with Crippen LogP contribution in [0.25, 0.3) is 0 Å². The fourth-order valence-electron chi connectivity index (χ4n) is 1.52. The molecule has 1 aromatic heterocycles. The van der Waals surface area contributed by atoms with Crippen molar-refractivity contribution in [1.82, 2.24) is 4.98 Å². The predicted molar refractivity (Wildman–Crippen MR) is 73.8 cm³/mol. The van der Waals surface area contributed by atoms with Crippen molar-refractivity contribution >= 4 is 11.5 Å². The molecule has 1 aromatic carbocycles. The number of pyridine rings is 1. The molecule has 0 bridgehead atoms. The summed E-state index contributed by atoms with van der Waals surface area (Å²) in [4.78, 5) is 4.25. The molecule has 0 aliphatic heterocycles. The van der Waals surface area contributed by atoms with Crippen LogP contribution in [0.1, 0.15) is 5.56 Å². The van der Waals surface area contributed by atoms with Crippen LogP contribution in [0, 0.1) is 6.92 Å². The first-order valence-electron chi connectivity index (χ1n) is 5.89. The van der Waals surface area contributed by atoms with Gasteiger partial charge in [0.2, 0.25) is 0 Å². The summed E-state index contributed by atoms with van der Waals surface area (Å²) in [5.41, 5.74) is 7.52. The third kappa shape index (κ3) is 3.66. The fraction of sp³-hybridized carbons (Fsp3) is 0.214. The molecule has 0 saturated carbocycles. The van der Waals surface area contributed by atoms with Gasteiger partial charge in [0.05, 0.1) is 6.54 Å². The van der Waals surface area contributed by atoms with Crippen molar-refractivity contribution in [1.29, 1.82) is 0 Å². The van der Waals surface area contributed by atoms with E-state index in [9.17, 15) is 0 Å². The number of anilines is 2. The quantitative estimate of drug-likeness (QED) is 0.625. The van der Waals surface area contributed by atoms with Gasteiger partial charge in [-0.05, 0) is 30.7 Å². The average Bonchev–Trinajstić information content (AvgIpc) is 2.37. The molecule has 4 nitrogen and oxygen atoms in total. The Morgan fingerprint density at radius 2 is 2.17 bits per heavy atom. The summed E-state index contributed by atoms with van der Waals surface area (Å²) < 4.78 is 5.56. The lowest BCUT2D eigenvalue weighted by atomic mass is 10.3. The second kappa shape index (κ2) is 5.91. The van der Waals surface area contributed by atoms with Crippen molar-refractivity contribution in [2.45, 2.75) is 6.92 Å². The van der Waals surface area contributed by atoms with Crippen molar-refractivity contribution in [2.24, 2.45) is 0 Å². The monoisotopic (exact) mass is 243 g/mol. The summed E-state index contributed by atoms with van der Waals surface area (Å²) in [6.07, 6.45) is 1.83. The molecule has 0 atom stereocenters. The van der Waals surface area contributed by atoms with Gasteiger partial charge in [0, 0.05) is 18.0 Å². The summed E-state index contributed by atoms with van der Waals surface area (Å²) >= 11 is 0. The number of nitrogens with two attached hydrogens (primary N) is 1. The number of hydrogen-bond donors (Lipinski definition) is 2. The van der Waals surface area contributed by atoms with E-state index in [2.05, 4.69) is 10.3 Å². The van der Waals surface area contributed by atoms with Crippen molar-refractivity contribution in [2.75, 3.05) is 24.2 Å². The molecule has 18 heavy (non-hydrogen) atoms. The van der Waals surface area contributed by atoms with Gasteiger partial charge < -0.3 is 15.8 Å². The van der Waals surface area contributed by atoms with E-state index in [1.807, 2.05) is 49.5 Å². The van der Waals surface area contributed by atoms with Crippen LogP contribution in [0.3, 0.4) is 0 Å². The van der Waals surface area contributed by atoms with E-state index < -0.39 is 0 Å². The Balaban J connectivity index is 1.74. The zero-order chi connectivity index (χ0) is 12.8. The minimum absolute atomic E-state index is 0.568. The van der Waals surface area contributed by atoms with Crippen LogP contribution < -0.4 is 15.8 Å². The Morgan fingerprint density at radius 3 is 2.89 bits per heavy atom. The third-order valence-corrected chi connectivity index (χ3v) is 2.45. The minimum Gasteiger partial charge on any atom is -0.492 e. The Hall–Kier alpha value is -2.23. The van der Waals surface area contributed by atoms with Gasteiger partial charge in [-0.15, -0.1) is 0 Å². The summed E-state index contributed by atoms with van der Waals surface area (Å²) in [6.45, 7) is 3.28. The number of nitrogens with one attached hydrogen (secondary N) is 1. The van der Waals surface area contributed by atoms with Crippen LogP contribution in [0.4, 0.5) is 11.5 Å². The molecule has 2 rings (SSSR count). The smallest absolute Gasteiger partial charge is 0.126 e. The van der Waals surface area contributed by atoms with Gasteiger partial charge in [0.15, 0.2) is 0 Å². The van der Waals surface area contributed by atoms with Gasteiger partial charge in [-0.1, -0.05) is 12.1 Å². The zero-order valence-electron chi connectivity index (χ0n) is 10.4. The number of aryl methyl sites for hydroxylation is 1. The number of benzene rings is 1. The molecular weight excluding hydrogens is 226 g/mol. The van der Waals surface area contributed by atoms with E-state index in [4.69, 9.17) is 10.5 Å². The standard InChI is InChI=1S/C14H17N3O/c1-11-5-6-14(17-10-11)16-7-8-18-13-4-2-3-12(15)9-13/h2-6,9-10H,7-8,15H2,1H3,(H,16,17). The summed E-state index contributed by atoms with van der Waals surface area (Å²) in [5, 5.41) is 3.19. The van der Waals surface area contributed by atoms with E-state index in [1.165, 1.54) is 0 Å². The molecule has 0 fully saturated rings. The maximum atomic E-state index is 5.66. The molecule has 94 valence electrons. The van der Waals surface area contributed by atoms with Crippen LogP contribution in [-0.2, 0) is 0 Å². The molecule has 4 heteroatoms. The lowest BCUT2D eigenvalue weighted by Crippen LogP contribution is -2.12. The van der Waals surface area contributed by atoms with Crippen molar-refractivity contribution in [3.8, 4) is 5.75 Å². The van der Waals surface area contributed by atoms with Crippen molar-refractivity contribution in [3.05, 3.63) is 48.2 Å². The highest BCUT2D eigenvalue weighted by molar-refractivity contribution is 5.43. The third-order valence-electron chi connectivity index (χ3n) is 2.45. The fourth-order valence-corrected chi connectivity index (χ4v) is 1.52. The van der Waals surface area contributed by atoms with Crippen LogP contribution >= 0.6 is 0 Å². The van der Waals surface area contributed by atoms with E-state index >= 15 is 0 Å². The van der Waals surface area contributed by atoms with Gasteiger partial charge in [-0.25, -0.2) is 4.98 Å². The molecule has 0 aliphatic rings. The maximum absolute atomic E-state index is 5.66. The molecule has 1 heterocycles. The van der Waals surface area contributed by atoms with E-state index in [1.54, 1.807) is 0 Å². The highest BCUT2D eigenvalue weighted by Gasteiger charge is 1.95. The number of nitrogens with zero attached hydrogens (tertiary/aromatic N) is 1. The molecule has 0 spiro atoms. The van der Waals surface area contributed by atoms with Crippen molar-refractivity contribution < 1.29 is 4.74 Å². The molecule has 0 unspecified atom stereocenters. The molecule has 0 radical (unpaired) electrons. The van der Waals surface area contributed by atoms with Gasteiger partial charge in [-0.3, -0.25) is 0 Å². The highest BCUT2D eigenvalue weighted by Crippen LogP contribution is 2.14. The van der Waals surface area contributed by atoms with E-state index in [0.29, 0.717) is 18.8 Å². The molecule has 0 amide bonds. The minimum atomic E-state index is 0.568. The SMILES string of the molecule is Cc1ccc(NCCOc2cccc(N)c2)nc1. The van der Waals surface area contributed by atoms with Crippen LogP contribution in [0.15, 0.2) is 42.6 Å². The number of ether oxygens (including phenoxy) is 1. The molecular formula is C14H17N3O. The predicted octanol–water partition coefficient (Wildman–Crippen LogP) is 2.46. The number of hydrogen-bond acceptors (Lipinski definition) is 4. The first kappa shape index (κ1) is 12.2. The maximum Gasteiger partial charge on any atom is 0.126 e. The van der Waals surface area contributed by atoms with E-state index in [-0.39, 0.29) is 0 Å². The number of nitrogen functional groups attached to an aromatic ring is 1. The zero-order valence-corrected chi connectivity index (χ0v) is 10.4. The van der Waals surface area contributed by atoms with Crippen LogP contribution in [-0.4, -0.2) is 18.1 Å². The molecule has 0 aliphatic carbocycles. The van der Waals surface area contributed by atoms with Crippen LogP contribution in [0.2, 0.25) is 0 Å². The van der Waals surface area contributed by atoms with Gasteiger partial charge >= 0.3 is 0 Å². The lowest BCUT2D eigenvalue weighted by Gasteiger charge is -2.08. The first-order valence-corrected chi connectivity index (χ1v) is 5.89.